The average Bonchev–Trinajstić information content (AvgIpc) is 2.81. The fourth-order valence-electron chi connectivity index (χ4n) is 1.55. The van der Waals surface area contributed by atoms with E-state index in [9.17, 15) is 0 Å². The molecule has 2 heterocycles. The molecule has 17 heavy (non-hydrogen) atoms. The largest absolute Gasteiger partial charge is 0.368 e. The first-order valence-electron chi connectivity index (χ1n) is 5.70. The van der Waals surface area contributed by atoms with Crippen molar-refractivity contribution in [2.75, 3.05) is 11.9 Å². The Hall–Kier alpha value is -1.98. The highest BCUT2D eigenvalue weighted by Gasteiger charge is 2.00. The zero-order valence-corrected chi connectivity index (χ0v) is 10.1. The molecule has 0 aromatic carbocycles. The van der Waals surface area contributed by atoms with Crippen LogP contribution in [-0.2, 0) is 13.0 Å². The van der Waals surface area contributed by atoms with Crippen molar-refractivity contribution >= 4 is 5.82 Å². The summed E-state index contributed by atoms with van der Waals surface area (Å²) in [6.45, 7) is 5.52. The number of rotatable bonds is 5. The Kier molecular flexibility index (Phi) is 3.64. The lowest BCUT2D eigenvalue weighted by Gasteiger charge is -2.07. The molecule has 0 aliphatic rings. The van der Waals surface area contributed by atoms with Crippen LogP contribution in [0, 0.1) is 6.92 Å². The summed E-state index contributed by atoms with van der Waals surface area (Å²) in [6.07, 6.45) is 4.43. The predicted octanol–water partition coefficient (Wildman–Crippen LogP) is 1.05. The summed E-state index contributed by atoms with van der Waals surface area (Å²) in [5.74, 6) is 1.67. The number of nitrogens with one attached hydrogen (secondary N) is 1. The van der Waals surface area contributed by atoms with Gasteiger partial charge in [0, 0.05) is 24.5 Å². The van der Waals surface area contributed by atoms with E-state index in [4.69, 9.17) is 0 Å². The van der Waals surface area contributed by atoms with Crippen molar-refractivity contribution < 1.29 is 0 Å². The number of anilines is 1. The van der Waals surface area contributed by atoms with Gasteiger partial charge in [0.25, 0.3) is 0 Å². The molecule has 0 bridgehead atoms. The van der Waals surface area contributed by atoms with E-state index in [-0.39, 0.29) is 0 Å². The van der Waals surface area contributed by atoms with Gasteiger partial charge in [-0.2, -0.15) is 0 Å². The van der Waals surface area contributed by atoms with Crippen molar-refractivity contribution in [3.8, 4) is 0 Å². The van der Waals surface area contributed by atoms with Gasteiger partial charge in [-0.05, 0) is 13.3 Å². The van der Waals surface area contributed by atoms with Gasteiger partial charge in [-0.3, -0.25) is 4.68 Å². The summed E-state index contributed by atoms with van der Waals surface area (Å²) in [5.41, 5.74) is 1.06. The van der Waals surface area contributed by atoms with Crippen molar-refractivity contribution in [2.45, 2.75) is 26.8 Å². The van der Waals surface area contributed by atoms with Crippen LogP contribution in [-0.4, -0.2) is 31.5 Å². The Balaban J connectivity index is 1.92. The van der Waals surface area contributed by atoms with Gasteiger partial charge in [0.05, 0.1) is 12.7 Å². The summed E-state index contributed by atoms with van der Waals surface area (Å²) in [7, 11) is 0. The van der Waals surface area contributed by atoms with Crippen LogP contribution in [0.5, 0.6) is 0 Å². The molecule has 0 fully saturated rings. The first-order chi connectivity index (χ1) is 8.28. The third-order valence-electron chi connectivity index (χ3n) is 2.37. The number of hydrogen-bond acceptors (Lipinski definition) is 5. The molecule has 6 nitrogen and oxygen atoms in total. The lowest BCUT2D eigenvalue weighted by atomic mass is 10.3. The summed E-state index contributed by atoms with van der Waals surface area (Å²) in [4.78, 5) is 8.66. The van der Waals surface area contributed by atoms with Crippen molar-refractivity contribution in [1.29, 1.82) is 0 Å². The molecule has 2 aromatic heterocycles. The van der Waals surface area contributed by atoms with Gasteiger partial charge in [-0.15, -0.1) is 5.10 Å². The number of hydrogen-bond donors (Lipinski definition) is 1. The molecule has 0 aliphatic heterocycles. The highest BCUT2D eigenvalue weighted by atomic mass is 15.4. The topological polar surface area (TPSA) is 68.5 Å². The van der Waals surface area contributed by atoms with Gasteiger partial charge >= 0.3 is 0 Å². The third-order valence-corrected chi connectivity index (χ3v) is 2.37. The number of nitrogens with zero attached hydrogens (tertiary/aromatic N) is 5. The van der Waals surface area contributed by atoms with E-state index in [1.807, 2.05) is 19.2 Å². The first-order valence-corrected chi connectivity index (χ1v) is 5.70. The minimum Gasteiger partial charge on any atom is -0.368 e. The van der Waals surface area contributed by atoms with Crippen LogP contribution in [0.2, 0.25) is 0 Å². The van der Waals surface area contributed by atoms with Crippen molar-refractivity contribution in [3.63, 3.8) is 0 Å². The maximum Gasteiger partial charge on any atom is 0.129 e. The van der Waals surface area contributed by atoms with Crippen LogP contribution in [0.25, 0.3) is 0 Å². The second kappa shape index (κ2) is 5.38. The zero-order chi connectivity index (χ0) is 12.1. The summed E-state index contributed by atoms with van der Waals surface area (Å²) >= 11 is 0. The maximum absolute atomic E-state index is 4.33. The Labute approximate surface area is 100 Å². The van der Waals surface area contributed by atoms with Crippen LogP contribution in [0.3, 0.4) is 0 Å². The number of aromatic nitrogens is 5. The lowest BCUT2D eigenvalue weighted by molar-refractivity contribution is 0.608. The highest BCUT2D eigenvalue weighted by Crippen LogP contribution is 2.06. The molecule has 0 saturated carbocycles. The van der Waals surface area contributed by atoms with E-state index in [1.54, 1.807) is 10.9 Å². The van der Waals surface area contributed by atoms with Gasteiger partial charge in [-0.1, -0.05) is 12.1 Å². The first kappa shape index (κ1) is 11.5. The van der Waals surface area contributed by atoms with Gasteiger partial charge in [0.2, 0.25) is 0 Å². The Bertz CT molecular complexity index is 465. The quantitative estimate of drug-likeness (QED) is 0.834. The van der Waals surface area contributed by atoms with Crippen molar-refractivity contribution in [1.82, 2.24) is 25.0 Å². The normalized spacial score (nSPS) is 10.5. The van der Waals surface area contributed by atoms with E-state index in [2.05, 4.69) is 32.5 Å². The minimum absolute atomic E-state index is 0.767. The molecule has 0 saturated heterocycles. The number of aryl methyl sites for hydroxylation is 2. The minimum atomic E-state index is 0.767. The maximum atomic E-state index is 4.33. The van der Waals surface area contributed by atoms with E-state index >= 15 is 0 Å². The molecular formula is C11H16N6. The molecule has 0 spiro atoms. The molecule has 0 unspecified atom stereocenters. The molecule has 1 N–H and O–H groups in total. The Morgan fingerprint density at radius 1 is 1.35 bits per heavy atom. The monoisotopic (exact) mass is 232 g/mol. The molecule has 6 heteroatoms. The Morgan fingerprint density at radius 2 is 2.24 bits per heavy atom. The van der Waals surface area contributed by atoms with Crippen LogP contribution >= 0.6 is 0 Å². The average molecular weight is 232 g/mol. The summed E-state index contributed by atoms with van der Waals surface area (Å²) in [5, 5.41) is 10.9. The van der Waals surface area contributed by atoms with E-state index in [0.29, 0.717) is 0 Å². The second-order valence-electron chi connectivity index (χ2n) is 3.74. The van der Waals surface area contributed by atoms with Crippen LogP contribution in [0.1, 0.15) is 18.4 Å². The van der Waals surface area contributed by atoms with E-state index in [1.165, 1.54) is 0 Å². The fourth-order valence-corrected chi connectivity index (χ4v) is 1.55. The summed E-state index contributed by atoms with van der Waals surface area (Å²) in [6, 6.07) is 1.98. The molecule has 0 atom stereocenters. The zero-order valence-electron chi connectivity index (χ0n) is 10.1. The van der Waals surface area contributed by atoms with Crippen LogP contribution < -0.4 is 5.32 Å². The standard InChI is InChI=1S/C11H16N6/c1-3-10-8-11(15-9(2)14-10)12-4-6-17-7-5-13-16-17/h5,7-8H,3-4,6H2,1-2H3,(H,12,14,15). The SMILES string of the molecule is CCc1cc(NCCn2ccnn2)nc(C)n1. The molecule has 0 amide bonds. The van der Waals surface area contributed by atoms with Crippen LogP contribution in [0.4, 0.5) is 5.82 Å². The van der Waals surface area contributed by atoms with Gasteiger partial charge < -0.3 is 5.32 Å². The summed E-state index contributed by atoms with van der Waals surface area (Å²) < 4.78 is 1.78. The van der Waals surface area contributed by atoms with Gasteiger partial charge in [0.15, 0.2) is 0 Å². The fraction of sp³-hybridized carbons (Fsp3) is 0.455. The smallest absolute Gasteiger partial charge is 0.129 e. The van der Waals surface area contributed by atoms with Gasteiger partial charge in [-0.25, -0.2) is 9.97 Å². The lowest BCUT2D eigenvalue weighted by Crippen LogP contribution is -2.12. The molecule has 2 rings (SSSR count). The molecule has 2 aromatic rings. The van der Waals surface area contributed by atoms with Crippen molar-refractivity contribution in [2.24, 2.45) is 0 Å². The second-order valence-corrected chi connectivity index (χ2v) is 3.74. The van der Waals surface area contributed by atoms with Crippen LogP contribution in [0.15, 0.2) is 18.5 Å². The Morgan fingerprint density at radius 3 is 2.94 bits per heavy atom. The highest BCUT2D eigenvalue weighted by molar-refractivity contribution is 5.35. The van der Waals surface area contributed by atoms with Gasteiger partial charge in [0.1, 0.15) is 11.6 Å². The molecule has 0 radical (unpaired) electrons. The molecule has 0 aliphatic carbocycles. The molecular weight excluding hydrogens is 216 g/mol. The predicted molar refractivity (Wildman–Crippen MR) is 64.7 cm³/mol. The molecule has 90 valence electrons. The van der Waals surface area contributed by atoms with Crippen molar-refractivity contribution in [3.05, 3.63) is 30.0 Å². The van der Waals surface area contributed by atoms with E-state index < -0.39 is 0 Å². The third kappa shape index (κ3) is 3.24. The van der Waals surface area contributed by atoms with E-state index in [0.717, 1.165) is 36.8 Å².